The predicted octanol–water partition coefficient (Wildman–Crippen LogP) is 1.47. The molecular weight excluding hydrogens is 190 g/mol. The fourth-order valence-electron chi connectivity index (χ4n) is 1.95. The highest BCUT2D eigenvalue weighted by atomic mass is 16.4. The summed E-state index contributed by atoms with van der Waals surface area (Å²) in [6.07, 6.45) is 4.37. The number of anilines is 1. The molecule has 1 aliphatic rings. The maximum absolute atomic E-state index is 5.76. The average Bonchev–Trinajstić information content (AvgIpc) is 2.83. The molecule has 2 heterocycles. The van der Waals surface area contributed by atoms with E-state index in [4.69, 9.17) is 10.2 Å². The third kappa shape index (κ3) is 2.31. The standard InChI is InChI=1S/C11H19N3O/c1-9-10(5-4-6-12)15-11(13-9)14-7-2-3-8-14/h2-8,12H2,1H3. The Labute approximate surface area is 90.5 Å². The summed E-state index contributed by atoms with van der Waals surface area (Å²) in [5, 5.41) is 0. The number of nitrogens with zero attached hydrogens (tertiary/aromatic N) is 2. The lowest BCUT2D eigenvalue weighted by Gasteiger charge is -2.10. The van der Waals surface area contributed by atoms with Crippen LogP contribution in [0, 0.1) is 6.92 Å². The van der Waals surface area contributed by atoms with Crippen LogP contribution in [0.1, 0.15) is 30.7 Å². The Morgan fingerprint density at radius 3 is 2.80 bits per heavy atom. The molecule has 4 nitrogen and oxygen atoms in total. The largest absolute Gasteiger partial charge is 0.428 e. The van der Waals surface area contributed by atoms with Crippen LogP contribution in [0.2, 0.25) is 0 Å². The van der Waals surface area contributed by atoms with Gasteiger partial charge in [-0.15, -0.1) is 0 Å². The first kappa shape index (κ1) is 10.5. The average molecular weight is 209 g/mol. The van der Waals surface area contributed by atoms with Crippen molar-refractivity contribution in [1.82, 2.24) is 4.98 Å². The Morgan fingerprint density at radius 1 is 1.40 bits per heavy atom. The maximum Gasteiger partial charge on any atom is 0.297 e. The summed E-state index contributed by atoms with van der Waals surface area (Å²) in [6.45, 7) is 4.88. The van der Waals surface area contributed by atoms with Crippen LogP contribution in [0.25, 0.3) is 0 Å². The Kier molecular flexibility index (Phi) is 3.26. The minimum absolute atomic E-state index is 0.708. The molecule has 1 saturated heterocycles. The molecule has 1 aromatic rings. The monoisotopic (exact) mass is 209 g/mol. The van der Waals surface area contributed by atoms with Gasteiger partial charge in [0.15, 0.2) is 0 Å². The summed E-state index contributed by atoms with van der Waals surface area (Å²) >= 11 is 0. The minimum atomic E-state index is 0.708. The normalized spacial score (nSPS) is 16.3. The first-order valence-electron chi connectivity index (χ1n) is 5.72. The van der Waals surface area contributed by atoms with E-state index < -0.39 is 0 Å². The van der Waals surface area contributed by atoms with Crippen molar-refractivity contribution in [3.63, 3.8) is 0 Å². The molecular formula is C11H19N3O. The summed E-state index contributed by atoms with van der Waals surface area (Å²) in [6, 6.07) is 0.803. The second-order valence-corrected chi connectivity index (χ2v) is 4.09. The van der Waals surface area contributed by atoms with Gasteiger partial charge in [-0.2, -0.15) is 4.98 Å². The molecule has 1 aliphatic heterocycles. The first-order chi connectivity index (χ1) is 7.31. The molecule has 0 radical (unpaired) electrons. The summed E-state index contributed by atoms with van der Waals surface area (Å²) in [7, 11) is 0. The quantitative estimate of drug-likeness (QED) is 0.816. The number of aryl methyl sites for hydroxylation is 2. The molecule has 4 heteroatoms. The molecule has 0 aromatic carbocycles. The summed E-state index contributed by atoms with van der Waals surface area (Å²) in [5.41, 5.74) is 6.50. The Hall–Kier alpha value is -1.03. The van der Waals surface area contributed by atoms with E-state index in [1.807, 2.05) is 6.92 Å². The Morgan fingerprint density at radius 2 is 2.13 bits per heavy atom. The van der Waals surface area contributed by atoms with Crippen molar-refractivity contribution in [2.75, 3.05) is 24.5 Å². The molecule has 0 spiro atoms. The zero-order valence-corrected chi connectivity index (χ0v) is 9.33. The van der Waals surface area contributed by atoms with Gasteiger partial charge in [0.25, 0.3) is 6.01 Å². The van der Waals surface area contributed by atoms with Gasteiger partial charge in [-0.3, -0.25) is 0 Å². The van der Waals surface area contributed by atoms with E-state index >= 15 is 0 Å². The second kappa shape index (κ2) is 4.66. The van der Waals surface area contributed by atoms with Gasteiger partial charge in [-0.05, 0) is 32.7 Å². The van der Waals surface area contributed by atoms with Crippen LogP contribution in [-0.2, 0) is 6.42 Å². The molecule has 0 aliphatic carbocycles. The lowest BCUT2D eigenvalue weighted by molar-refractivity contribution is 0.492. The van der Waals surface area contributed by atoms with Crippen molar-refractivity contribution < 1.29 is 4.42 Å². The highest BCUT2D eigenvalue weighted by molar-refractivity contribution is 5.30. The van der Waals surface area contributed by atoms with E-state index in [0.717, 1.165) is 43.4 Å². The molecule has 2 N–H and O–H groups in total. The lowest BCUT2D eigenvalue weighted by atomic mass is 10.2. The van der Waals surface area contributed by atoms with Crippen molar-refractivity contribution in [1.29, 1.82) is 0 Å². The van der Waals surface area contributed by atoms with Crippen LogP contribution in [0.5, 0.6) is 0 Å². The number of hydrogen-bond acceptors (Lipinski definition) is 4. The second-order valence-electron chi connectivity index (χ2n) is 4.09. The van der Waals surface area contributed by atoms with Crippen LogP contribution in [0.4, 0.5) is 6.01 Å². The van der Waals surface area contributed by atoms with Crippen molar-refractivity contribution in [2.45, 2.75) is 32.6 Å². The van der Waals surface area contributed by atoms with Gasteiger partial charge >= 0.3 is 0 Å². The SMILES string of the molecule is Cc1nc(N2CCCC2)oc1CCCN. The molecule has 0 amide bonds. The summed E-state index contributed by atoms with van der Waals surface area (Å²) < 4.78 is 5.76. The van der Waals surface area contributed by atoms with Crippen LogP contribution < -0.4 is 10.6 Å². The molecule has 1 aromatic heterocycles. The number of nitrogens with two attached hydrogens (primary N) is 1. The van der Waals surface area contributed by atoms with E-state index in [0.29, 0.717) is 6.54 Å². The number of hydrogen-bond donors (Lipinski definition) is 1. The summed E-state index contributed by atoms with van der Waals surface area (Å²) in [4.78, 5) is 6.69. The molecule has 84 valence electrons. The van der Waals surface area contributed by atoms with Crippen LogP contribution in [0.3, 0.4) is 0 Å². The highest BCUT2D eigenvalue weighted by Crippen LogP contribution is 2.22. The fraction of sp³-hybridized carbons (Fsp3) is 0.727. The topological polar surface area (TPSA) is 55.3 Å². The fourth-order valence-corrected chi connectivity index (χ4v) is 1.95. The van der Waals surface area contributed by atoms with E-state index in [1.54, 1.807) is 0 Å². The predicted molar refractivity (Wildman–Crippen MR) is 60.1 cm³/mol. The molecule has 1 fully saturated rings. The zero-order chi connectivity index (χ0) is 10.7. The third-order valence-electron chi connectivity index (χ3n) is 2.87. The van der Waals surface area contributed by atoms with E-state index in [1.165, 1.54) is 12.8 Å². The van der Waals surface area contributed by atoms with Gasteiger partial charge in [0, 0.05) is 19.5 Å². The molecule has 0 bridgehead atoms. The van der Waals surface area contributed by atoms with Crippen molar-refractivity contribution in [3.05, 3.63) is 11.5 Å². The van der Waals surface area contributed by atoms with Gasteiger partial charge in [-0.1, -0.05) is 0 Å². The van der Waals surface area contributed by atoms with Crippen molar-refractivity contribution in [3.8, 4) is 0 Å². The van der Waals surface area contributed by atoms with Gasteiger partial charge in [0.2, 0.25) is 0 Å². The molecule has 0 unspecified atom stereocenters. The summed E-state index contributed by atoms with van der Waals surface area (Å²) in [5.74, 6) is 1.00. The molecule has 0 saturated carbocycles. The maximum atomic E-state index is 5.76. The van der Waals surface area contributed by atoms with Crippen molar-refractivity contribution in [2.24, 2.45) is 5.73 Å². The molecule has 15 heavy (non-hydrogen) atoms. The van der Waals surface area contributed by atoms with Gasteiger partial charge < -0.3 is 15.1 Å². The van der Waals surface area contributed by atoms with Crippen LogP contribution >= 0.6 is 0 Å². The number of rotatable bonds is 4. The van der Waals surface area contributed by atoms with Gasteiger partial charge in [0.05, 0.1) is 5.69 Å². The van der Waals surface area contributed by atoms with E-state index in [-0.39, 0.29) is 0 Å². The van der Waals surface area contributed by atoms with Crippen LogP contribution in [0.15, 0.2) is 4.42 Å². The van der Waals surface area contributed by atoms with E-state index in [9.17, 15) is 0 Å². The smallest absolute Gasteiger partial charge is 0.297 e. The zero-order valence-electron chi connectivity index (χ0n) is 9.33. The highest BCUT2D eigenvalue weighted by Gasteiger charge is 2.18. The Balaban J connectivity index is 2.06. The van der Waals surface area contributed by atoms with Crippen molar-refractivity contribution >= 4 is 6.01 Å². The first-order valence-corrected chi connectivity index (χ1v) is 5.72. The Bertz CT molecular complexity index is 316. The number of aromatic nitrogens is 1. The minimum Gasteiger partial charge on any atom is -0.428 e. The van der Waals surface area contributed by atoms with E-state index in [2.05, 4.69) is 9.88 Å². The third-order valence-corrected chi connectivity index (χ3v) is 2.87. The van der Waals surface area contributed by atoms with Crippen LogP contribution in [-0.4, -0.2) is 24.6 Å². The molecule has 0 atom stereocenters. The number of oxazole rings is 1. The van der Waals surface area contributed by atoms with Gasteiger partial charge in [0.1, 0.15) is 5.76 Å². The van der Waals surface area contributed by atoms with Gasteiger partial charge in [-0.25, -0.2) is 0 Å². The molecule has 2 rings (SSSR count). The lowest BCUT2D eigenvalue weighted by Crippen LogP contribution is -2.17.